The van der Waals surface area contributed by atoms with Crippen molar-refractivity contribution in [3.8, 4) is 0 Å². The quantitative estimate of drug-likeness (QED) is 0.869. The van der Waals surface area contributed by atoms with E-state index in [1.54, 1.807) is 0 Å². The Kier molecular flexibility index (Phi) is 6.18. The molecular formula is C18H27NO2S. The zero-order valence-electron chi connectivity index (χ0n) is 13.8. The SMILES string of the molecule is CC(C)(C)S[C@@H]1CCCC[C@H]1NC(=O)OCc1ccccc1. The number of alkyl carbamates (subject to hydrolysis) is 1. The molecule has 122 valence electrons. The Bertz CT molecular complexity index is 470. The van der Waals surface area contributed by atoms with E-state index in [2.05, 4.69) is 26.1 Å². The molecule has 22 heavy (non-hydrogen) atoms. The van der Waals surface area contributed by atoms with Gasteiger partial charge in [0.1, 0.15) is 6.61 Å². The number of thioether (sulfide) groups is 1. The summed E-state index contributed by atoms with van der Waals surface area (Å²) in [7, 11) is 0. The predicted molar refractivity (Wildman–Crippen MR) is 93.2 cm³/mol. The van der Waals surface area contributed by atoms with Gasteiger partial charge >= 0.3 is 6.09 Å². The first-order valence-electron chi connectivity index (χ1n) is 8.09. The summed E-state index contributed by atoms with van der Waals surface area (Å²) in [6.45, 7) is 7.03. The molecule has 0 unspecified atom stereocenters. The zero-order valence-corrected chi connectivity index (χ0v) is 14.6. The summed E-state index contributed by atoms with van der Waals surface area (Å²) in [5.41, 5.74) is 1.02. The molecule has 1 amide bonds. The van der Waals surface area contributed by atoms with E-state index < -0.39 is 0 Å². The lowest BCUT2D eigenvalue weighted by atomic mass is 9.95. The van der Waals surface area contributed by atoms with Crippen LogP contribution in [0.25, 0.3) is 0 Å². The fourth-order valence-corrected chi connectivity index (χ4v) is 4.33. The summed E-state index contributed by atoms with van der Waals surface area (Å²) < 4.78 is 5.57. The Labute approximate surface area is 138 Å². The summed E-state index contributed by atoms with van der Waals surface area (Å²) in [6.07, 6.45) is 4.37. The largest absolute Gasteiger partial charge is 0.445 e. The highest BCUT2D eigenvalue weighted by atomic mass is 32.2. The molecule has 2 rings (SSSR count). The van der Waals surface area contributed by atoms with Crippen molar-refractivity contribution in [2.24, 2.45) is 0 Å². The van der Waals surface area contributed by atoms with Crippen LogP contribution in [0.3, 0.4) is 0 Å². The van der Waals surface area contributed by atoms with E-state index in [9.17, 15) is 4.79 Å². The molecule has 0 heterocycles. The Hall–Kier alpha value is -1.16. The minimum atomic E-state index is -0.296. The number of rotatable bonds is 4. The highest BCUT2D eigenvalue weighted by Gasteiger charge is 2.30. The molecule has 4 heteroatoms. The first-order chi connectivity index (χ1) is 10.4. The van der Waals surface area contributed by atoms with Crippen LogP contribution in [0.1, 0.15) is 52.0 Å². The first kappa shape index (κ1) is 17.2. The average Bonchev–Trinajstić information content (AvgIpc) is 2.47. The van der Waals surface area contributed by atoms with Crippen molar-refractivity contribution in [1.82, 2.24) is 5.32 Å². The van der Waals surface area contributed by atoms with Gasteiger partial charge in [0.05, 0.1) is 0 Å². The molecule has 1 aliphatic rings. The first-order valence-corrected chi connectivity index (χ1v) is 8.97. The van der Waals surface area contributed by atoms with Gasteiger partial charge in [-0.3, -0.25) is 0 Å². The normalized spacial score (nSPS) is 22.1. The molecule has 1 saturated carbocycles. The van der Waals surface area contributed by atoms with Gasteiger partial charge in [-0.25, -0.2) is 4.79 Å². The predicted octanol–water partition coefficient (Wildman–Crippen LogP) is 4.76. The third-order valence-electron chi connectivity index (χ3n) is 3.72. The summed E-state index contributed by atoms with van der Waals surface area (Å²) in [5.74, 6) is 0. The number of amides is 1. The van der Waals surface area contributed by atoms with Gasteiger partial charge in [-0.2, -0.15) is 11.8 Å². The van der Waals surface area contributed by atoms with Crippen LogP contribution in [0, 0.1) is 0 Å². The van der Waals surface area contributed by atoms with Crippen molar-refractivity contribution in [3.05, 3.63) is 35.9 Å². The van der Waals surface area contributed by atoms with E-state index in [1.807, 2.05) is 42.1 Å². The van der Waals surface area contributed by atoms with Crippen molar-refractivity contribution in [2.75, 3.05) is 0 Å². The molecule has 1 aromatic rings. The summed E-state index contributed by atoms with van der Waals surface area (Å²) in [4.78, 5) is 12.1. The number of nitrogens with one attached hydrogen (secondary N) is 1. The maximum absolute atomic E-state index is 12.1. The molecule has 0 aromatic heterocycles. The monoisotopic (exact) mass is 321 g/mol. The molecule has 0 bridgehead atoms. The molecule has 1 aromatic carbocycles. The van der Waals surface area contributed by atoms with Gasteiger partial charge in [0.15, 0.2) is 0 Å². The molecule has 2 atom stereocenters. The molecule has 3 nitrogen and oxygen atoms in total. The maximum atomic E-state index is 12.1. The van der Waals surface area contributed by atoms with Gasteiger partial charge < -0.3 is 10.1 Å². The summed E-state index contributed by atoms with van der Waals surface area (Å²) >= 11 is 1.97. The third kappa shape index (κ3) is 5.91. The lowest BCUT2D eigenvalue weighted by molar-refractivity contribution is 0.133. The molecule has 1 aliphatic carbocycles. The fourth-order valence-electron chi connectivity index (χ4n) is 2.77. The minimum Gasteiger partial charge on any atom is -0.445 e. The third-order valence-corrected chi connectivity index (χ3v) is 5.30. The second-order valence-corrected chi connectivity index (χ2v) is 8.93. The number of hydrogen-bond donors (Lipinski definition) is 1. The van der Waals surface area contributed by atoms with Crippen LogP contribution >= 0.6 is 11.8 Å². The van der Waals surface area contributed by atoms with E-state index >= 15 is 0 Å². The van der Waals surface area contributed by atoms with Crippen LogP contribution < -0.4 is 5.32 Å². The lowest BCUT2D eigenvalue weighted by Gasteiger charge is -2.35. The molecule has 0 spiro atoms. The topological polar surface area (TPSA) is 38.3 Å². The minimum absolute atomic E-state index is 0.218. The number of ether oxygens (including phenoxy) is 1. The van der Waals surface area contributed by atoms with Gasteiger partial charge in [-0.1, -0.05) is 63.9 Å². The van der Waals surface area contributed by atoms with Crippen molar-refractivity contribution < 1.29 is 9.53 Å². The molecule has 1 fully saturated rings. The van der Waals surface area contributed by atoms with Crippen LogP contribution in [0.2, 0.25) is 0 Å². The van der Waals surface area contributed by atoms with Crippen molar-refractivity contribution in [1.29, 1.82) is 0 Å². The number of carbonyl (C=O) groups excluding carboxylic acids is 1. The Morgan fingerprint density at radius 1 is 1.23 bits per heavy atom. The number of hydrogen-bond acceptors (Lipinski definition) is 3. The Balaban J connectivity index is 1.83. The second-order valence-electron chi connectivity index (χ2n) is 6.87. The Morgan fingerprint density at radius 2 is 1.91 bits per heavy atom. The summed E-state index contributed by atoms with van der Waals surface area (Å²) in [5, 5.41) is 3.56. The maximum Gasteiger partial charge on any atom is 0.407 e. The van der Waals surface area contributed by atoms with E-state index in [1.165, 1.54) is 19.3 Å². The van der Waals surface area contributed by atoms with Crippen molar-refractivity contribution in [2.45, 2.75) is 69.1 Å². The van der Waals surface area contributed by atoms with E-state index in [0.29, 0.717) is 11.9 Å². The van der Waals surface area contributed by atoms with Gasteiger partial charge in [-0.15, -0.1) is 0 Å². The van der Waals surface area contributed by atoms with Crippen LogP contribution in [0.4, 0.5) is 4.79 Å². The molecular weight excluding hydrogens is 294 g/mol. The van der Waals surface area contributed by atoms with Gasteiger partial charge in [0.2, 0.25) is 0 Å². The van der Waals surface area contributed by atoms with E-state index in [4.69, 9.17) is 4.74 Å². The van der Waals surface area contributed by atoms with Gasteiger partial charge in [0.25, 0.3) is 0 Å². The van der Waals surface area contributed by atoms with Crippen LogP contribution in [-0.4, -0.2) is 22.1 Å². The second kappa shape index (κ2) is 7.91. The van der Waals surface area contributed by atoms with Crippen LogP contribution in [0.5, 0.6) is 0 Å². The molecule has 0 saturated heterocycles. The zero-order chi connectivity index (χ0) is 16.0. The standard InChI is InChI=1S/C18H27NO2S/c1-18(2,3)22-16-12-8-7-11-15(16)19-17(20)21-13-14-9-5-4-6-10-14/h4-6,9-10,15-16H,7-8,11-13H2,1-3H3,(H,19,20)/t15-,16-/m1/s1. The summed E-state index contributed by atoms with van der Waals surface area (Å²) in [6, 6.07) is 10.0. The van der Waals surface area contributed by atoms with Gasteiger partial charge in [0, 0.05) is 16.0 Å². The fraction of sp³-hybridized carbons (Fsp3) is 0.611. The lowest BCUT2D eigenvalue weighted by Crippen LogP contribution is -2.45. The van der Waals surface area contributed by atoms with E-state index in [0.717, 1.165) is 12.0 Å². The highest BCUT2D eigenvalue weighted by molar-refractivity contribution is 8.01. The van der Waals surface area contributed by atoms with Crippen LogP contribution in [-0.2, 0) is 11.3 Å². The highest BCUT2D eigenvalue weighted by Crippen LogP contribution is 2.36. The van der Waals surface area contributed by atoms with Crippen molar-refractivity contribution in [3.63, 3.8) is 0 Å². The molecule has 1 N–H and O–H groups in total. The Morgan fingerprint density at radius 3 is 2.59 bits per heavy atom. The smallest absolute Gasteiger partial charge is 0.407 e. The molecule has 0 aliphatic heterocycles. The number of carbonyl (C=O) groups is 1. The molecule has 0 radical (unpaired) electrons. The average molecular weight is 321 g/mol. The van der Waals surface area contributed by atoms with E-state index in [-0.39, 0.29) is 16.9 Å². The van der Waals surface area contributed by atoms with Crippen LogP contribution in [0.15, 0.2) is 30.3 Å². The number of benzene rings is 1. The van der Waals surface area contributed by atoms with Crippen molar-refractivity contribution >= 4 is 17.9 Å². The van der Waals surface area contributed by atoms with Gasteiger partial charge in [-0.05, 0) is 18.4 Å².